The van der Waals surface area contributed by atoms with Crippen molar-refractivity contribution in [1.29, 1.82) is 0 Å². The Bertz CT molecular complexity index is 973. The average molecular weight is 424 g/mol. The standard InChI is InChI=1S/C23H25N3O3S/c27-22(20-5-3-15-28-20)26-13-11-25(12-14-26)16-17-7-9-18(10-8-17)29-23-24-19-4-1-2-6-21(19)30-23/h1-2,4,6-10,20H,3,5,11-16H2. The van der Waals surface area contributed by atoms with Crippen molar-refractivity contribution in [1.82, 2.24) is 14.8 Å². The van der Waals surface area contributed by atoms with Gasteiger partial charge in [-0.2, -0.15) is 0 Å². The molecule has 30 heavy (non-hydrogen) atoms. The van der Waals surface area contributed by atoms with Crippen LogP contribution in [0.25, 0.3) is 10.2 Å². The van der Waals surface area contributed by atoms with Gasteiger partial charge in [0.2, 0.25) is 0 Å². The molecule has 2 aromatic carbocycles. The zero-order chi connectivity index (χ0) is 20.3. The van der Waals surface area contributed by atoms with Crippen LogP contribution in [0, 0.1) is 0 Å². The van der Waals surface area contributed by atoms with E-state index >= 15 is 0 Å². The van der Waals surface area contributed by atoms with Crippen LogP contribution in [0.1, 0.15) is 18.4 Å². The topological polar surface area (TPSA) is 54.9 Å². The van der Waals surface area contributed by atoms with Gasteiger partial charge in [0.05, 0.1) is 10.2 Å². The van der Waals surface area contributed by atoms with Gasteiger partial charge >= 0.3 is 0 Å². The molecule has 5 rings (SSSR count). The summed E-state index contributed by atoms with van der Waals surface area (Å²) in [7, 11) is 0. The molecule has 156 valence electrons. The molecule has 1 unspecified atom stereocenters. The van der Waals surface area contributed by atoms with Gasteiger partial charge in [-0.25, -0.2) is 4.98 Å². The fourth-order valence-electron chi connectivity index (χ4n) is 4.02. The minimum absolute atomic E-state index is 0.170. The Hall–Kier alpha value is -2.48. The summed E-state index contributed by atoms with van der Waals surface area (Å²) in [5.74, 6) is 0.966. The molecule has 2 saturated heterocycles. The Balaban J connectivity index is 1.13. The number of para-hydroxylation sites is 1. The van der Waals surface area contributed by atoms with E-state index in [1.54, 1.807) is 11.3 Å². The van der Waals surface area contributed by atoms with Crippen molar-refractivity contribution in [3.8, 4) is 10.9 Å². The van der Waals surface area contributed by atoms with Crippen LogP contribution in [0.15, 0.2) is 48.5 Å². The SMILES string of the molecule is O=C(C1CCCO1)N1CCN(Cc2ccc(Oc3nc4ccccc4s3)cc2)CC1. The van der Waals surface area contributed by atoms with E-state index in [2.05, 4.69) is 28.1 Å². The van der Waals surface area contributed by atoms with E-state index in [0.29, 0.717) is 5.19 Å². The van der Waals surface area contributed by atoms with E-state index in [1.165, 1.54) is 5.56 Å². The molecule has 3 aromatic rings. The summed E-state index contributed by atoms with van der Waals surface area (Å²) in [5, 5.41) is 0.663. The third-order valence-electron chi connectivity index (χ3n) is 5.70. The summed E-state index contributed by atoms with van der Waals surface area (Å²) >= 11 is 1.55. The number of fused-ring (bicyclic) bond motifs is 1. The number of thiazole rings is 1. The molecule has 1 atom stereocenters. The Morgan fingerprint density at radius 1 is 1.10 bits per heavy atom. The largest absolute Gasteiger partial charge is 0.431 e. The lowest BCUT2D eigenvalue weighted by Crippen LogP contribution is -2.51. The summed E-state index contributed by atoms with van der Waals surface area (Å²) < 4.78 is 12.6. The van der Waals surface area contributed by atoms with Crippen LogP contribution < -0.4 is 4.74 Å². The smallest absolute Gasteiger partial charge is 0.279 e. The first-order valence-electron chi connectivity index (χ1n) is 10.5. The first kappa shape index (κ1) is 19.5. The van der Waals surface area contributed by atoms with Crippen molar-refractivity contribution in [3.05, 3.63) is 54.1 Å². The van der Waals surface area contributed by atoms with E-state index in [1.807, 2.05) is 35.2 Å². The van der Waals surface area contributed by atoms with Crippen molar-refractivity contribution in [3.63, 3.8) is 0 Å². The highest BCUT2D eigenvalue weighted by Gasteiger charge is 2.30. The number of nitrogens with zero attached hydrogens (tertiary/aromatic N) is 3. The first-order valence-corrected chi connectivity index (χ1v) is 11.3. The maximum Gasteiger partial charge on any atom is 0.279 e. The second kappa shape index (κ2) is 8.71. The van der Waals surface area contributed by atoms with Gasteiger partial charge in [-0.3, -0.25) is 9.69 Å². The van der Waals surface area contributed by atoms with Crippen LogP contribution in [-0.2, 0) is 16.1 Å². The Labute approximate surface area is 180 Å². The number of hydrogen-bond donors (Lipinski definition) is 0. The number of benzene rings is 2. The van der Waals surface area contributed by atoms with Crippen LogP contribution in [0.5, 0.6) is 10.9 Å². The summed E-state index contributed by atoms with van der Waals surface area (Å²) in [6.45, 7) is 4.93. The number of rotatable bonds is 5. The van der Waals surface area contributed by atoms with Crippen LogP contribution in [0.2, 0.25) is 0 Å². The lowest BCUT2D eigenvalue weighted by atomic mass is 10.1. The van der Waals surface area contributed by atoms with Crippen molar-refractivity contribution in [2.45, 2.75) is 25.5 Å². The lowest BCUT2D eigenvalue weighted by molar-refractivity contribution is -0.142. The van der Waals surface area contributed by atoms with E-state index in [4.69, 9.17) is 9.47 Å². The molecule has 0 N–H and O–H groups in total. The molecule has 0 radical (unpaired) electrons. The number of hydrogen-bond acceptors (Lipinski definition) is 6. The quantitative estimate of drug-likeness (QED) is 0.623. The molecule has 6 nitrogen and oxygen atoms in total. The maximum atomic E-state index is 12.5. The third-order valence-corrected chi connectivity index (χ3v) is 6.61. The number of carbonyl (C=O) groups is 1. The van der Waals surface area contributed by atoms with Gasteiger partial charge < -0.3 is 14.4 Å². The molecule has 2 aliphatic rings. The molecule has 3 heterocycles. The molecule has 0 spiro atoms. The predicted octanol–water partition coefficient (Wildman–Crippen LogP) is 3.91. The minimum atomic E-state index is -0.209. The van der Waals surface area contributed by atoms with Gasteiger partial charge in [0.15, 0.2) is 0 Å². The van der Waals surface area contributed by atoms with Crippen LogP contribution in [0.4, 0.5) is 0 Å². The fourth-order valence-corrected chi connectivity index (χ4v) is 4.85. The van der Waals surface area contributed by atoms with Gasteiger partial charge in [-0.15, -0.1) is 0 Å². The van der Waals surface area contributed by atoms with Crippen molar-refractivity contribution in [2.24, 2.45) is 0 Å². The zero-order valence-electron chi connectivity index (χ0n) is 16.8. The summed E-state index contributed by atoms with van der Waals surface area (Å²) in [4.78, 5) is 21.3. The van der Waals surface area contributed by atoms with E-state index in [0.717, 1.165) is 68.1 Å². The molecule has 2 fully saturated rings. The Morgan fingerprint density at radius 3 is 2.63 bits per heavy atom. The normalized spacial score (nSPS) is 20.0. The maximum absolute atomic E-state index is 12.5. The molecule has 2 aliphatic heterocycles. The molecule has 0 bridgehead atoms. The Kier molecular flexibility index (Phi) is 5.66. The van der Waals surface area contributed by atoms with E-state index in [-0.39, 0.29) is 12.0 Å². The highest BCUT2D eigenvalue weighted by atomic mass is 32.1. The van der Waals surface area contributed by atoms with Gasteiger partial charge in [-0.1, -0.05) is 35.6 Å². The molecule has 1 amide bonds. The lowest BCUT2D eigenvalue weighted by Gasteiger charge is -2.35. The summed E-state index contributed by atoms with van der Waals surface area (Å²) in [5.41, 5.74) is 2.21. The highest BCUT2D eigenvalue weighted by molar-refractivity contribution is 7.20. The van der Waals surface area contributed by atoms with Crippen molar-refractivity contribution in [2.75, 3.05) is 32.8 Å². The van der Waals surface area contributed by atoms with E-state index < -0.39 is 0 Å². The van der Waals surface area contributed by atoms with Gasteiger partial charge in [0.1, 0.15) is 11.9 Å². The minimum Gasteiger partial charge on any atom is -0.431 e. The van der Waals surface area contributed by atoms with Crippen LogP contribution in [0.3, 0.4) is 0 Å². The zero-order valence-corrected chi connectivity index (χ0v) is 17.6. The highest BCUT2D eigenvalue weighted by Crippen LogP contribution is 2.31. The predicted molar refractivity (Wildman–Crippen MR) is 117 cm³/mol. The summed E-state index contributed by atoms with van der Waals surface area (Å²) in [6.07, 6.45) is 1.65. The number of aromatic nitrogens is 1. The number of piperazine rings is 1. The molecular formula is C23H25N3O3S. The molecule has 0 aliphatic carbocycles. The van der Waals surface area contributed by atoms with Crippen molar-refractivity contribution < 1.29 is 14.3 Å². The molecule has 0 saturated carbocycles. The molecule has 1 aromatic heterocycles. The summed E-state index contributed by atoms with van der Waals surface area (Å²) in [6, 6.07) is 16.2. The Morgan fingerprint density at radius 2 is 1.90 bits per heavy atom. The second-order valence-electron chi connectivity index (χ2n) is 7.80. The molecular weight excluding hydrogens is 398 g/mol. The molecule has 7 heteroatoms. The second-order valence-corrected chi connectivity index (χ2v) is 8.79. The monoisotopic (exact) mass is 423 g/mol. The van der Waals surface area contributed by atoms with Gasteiger partial charge in [-0.05, 0) is 42.7 Å². The average Bonchev–Trinajstić information content (AvgIpc) is 3.45. The van der Waals surface area contributed by atoms with Gasteiger partial charge in [0, 0.05) is 39.3 Å². The van der Waals surface area contributed by atoms with Crippen LogP contribution in [-0.4, -0.2) is 59.6 Å². The number of ether oxygens (including phenoxy) is 2. The fraction of sp³-hybridized carbons (Fsp3) is 0.391. The third kappa shape index (κ3) is 4.33. The van der Waals surface area contributed by atoms with Crippen LogP contribution >= 0.6 is 11.3 Å². The first-order chi connectivity index (χ1) is 14.7. The van der Waals surface area contributed by atoms with E-state index in [9.17, 15) is 4.79 Å². The number of carbonyl (C=O) groups excluding carboxylic acids is 1. The number of amides is 1. The van der Waals surface area contributed by atoms with Crippen molar-refractivity contribution >= 4 is 27.5 Å². The van der Waals surface area contributed by atoms with Gasteiger partial charge in [0.25, 0.3) is 11.1 Å².